The molecule has 1 aromatic rings. The van der Waals surface area contributed by atoms with Crippen LogP contribution < -0.4 is 9.64 Å². The van der Waals surface area contributed by atoms with Crippen molar-refractivity contribution in [1.82, 2.24) is 0 Å². The molecule has 3 nitrogen and oxygen atoms in total. The summed E-state index contributed by atoms with van der Waals surface area (Å²) in [6, 6.07) is 4.47. The highest BCUT2D eigenvalue weighted by Crippen LogP contribution is 2.24. The summed E-state index contributed by atoms with van der Waals surface area (Å²) in [4.78, 5) is 12.8. The third kappa shape index (κ3) is 1.70. The smallest absolute Gasteiger partial charge is 0.251 e. The van der Waals surface area contributed by atoms with E-state index < -0.39 is 5.82 Å². The number of rotatable bonds is 2. The molecular weight excluding hydrogens is 197 g/mol. The summed E-state index contributed by atoms with van der Waals surface area (Å²) >= 11 is 0. The van der Waals surface area contributed by atoms with Crippen molar-refractivity contribution in [2.75, 3.05) is 18.6 Å². The maximum absolute atomic E-state index is 13.3. The van der Waals surface area contributed by atoms with E-state index in [0.29, 0.717) is 12.2 Å². The fourth-order valence-electron chi connectivity index (χ4n) is 1.49. The van der Waals surface area contributed by atoms with Crippen molar-refractivity contribution in [3.8, 4) is 5.75 Å². The van der Waals surface area contributed by atoms with Crippen LogP contribution in [-0.2, 0) is 4.79 Å². The number of halogens is 1. The number of hydrogen-bond acceptors (Lipinski definition) is 2. The van der Waals surface area contributed by atoms with Crippen LogP contribution in [0.2, 0.25) is 0 Å². The molecule has 0 aliphatic carbocycles. The van der Waals surface area contributed by atoms with E-state index in [1.54, 1.807) is 12.1 Å². The lowest BCUT2D eigenvalue weighted by atomic mass is 10.2. The highest BCUT2D eigenvalue weighted by atomic mass is 19.1. The first kappa shape index (κ1) is 9.71. The molecular formula is C11H10FNO2. The molecule has 1 aliphatic heterocycles. The molecule has 0 atom stereocenters. The fourth-order valence-corrected chi connectivity index (χ4v) is 1.49. The minimum absolute atomic E-state index is 0.125. The van der Waals surface area contributed by atoms with Crippen LogP contribution in [0.4, 0.5) is 10.1 Å². The molecule has 0 radical (unpaired) electrons. The first-order valence-electron chi connectivity index (χ1n) is 4.54. The Morgan fingerprint density at radius 3 is 2.80 bits per heavy atom. The van der Waals surface area contributed by atoms with E-state index in [1.807, 2.05) is 0 Å². The molecule has 0 bridgehead atoms. The highest BCUT2D eigenvalue weighted by Gasteiger charge is 2.17. The van der Waals surface area contributed by atoms with Gasteiger partial charge in [-0.05, 0) is 12.1 Å². The standard InChI is InChI=1S/C11H10FNO2/c1-15-10-5-4-8(7-9(10)12)13-6-2-3-11(13)14/h2-5,7H,6H2,1H3. The van der Waals surface area contributed by atoms with E-state index in [4.69, 9.17) is 4.74 Å². The van der Waals surface area contributed by atoms with Crippen molar-refractivity contribution >= 4 is 11.6 Å². The van der Waals surface area contributed by atoms with Crippen LogP contribution in [-0.4, -0.2) is 19.6 Å². The van der Waals surface area contributed by atoms with Gasteiger partial charge in [0.1, 0.15) is 0 Å². The predicted octanol–water partition coefficient (Wildman–Crippen LogP) is 1.74. The lowest BCUT2D eigenvalue weighted by Gasteiger charge is -2.16. The molecule has 0 aromatic heterocycles. The van der Waals surface area contributed by atoms with Gasteiger partial charge in [-0.2, -0.15) is 0 Å². The van der Waals surface area contributed by atoms with Gasteiger partial charge in [0, 0.05) is 24.4 Å². The lowest BCUT2D eigenvalue weighted by molar-refractivity contribution is -0.113. The summed E-state index contributed by atoms with van der Waals surface area (Å²) in [5, 5.41) is 0. The van der Waals surface area contributed by atoms with Crippen LogP contribution in [0.15, 0.2) is 30.4 Å². The minimum Gasteiger partial charge on any atom is -0.494 e. The van der Waals surface area contributed by atoms with Gasteiger partial charge in [-0.1, -0.05) is 6.08 Å². The zero-order chi connectivity index (χ0) is 10.8. The van der Waals surface area contributed by atoms with E-state index in [-0.39, 0.29) is 11.7 Å². The molecule has 0 saturated heterocycles. The Labute approximate surface area is 86.8 Å². The Morgan fingerprint density at radius 2 is 2.27 bits per heavy atom. The Bertz CT molecular complexity index is 429. The van der Waals surface area contributed by atoms with Crippen LogP contribution in [0, 0.1) is 5.82 Å². The summed E-state index contributed by atoms with van der Waals surface area (Å²) in [5.74, 6) is -0.410. The maximum Gasteiger partial charge on any atom is 0.251 e. The summed E-state index contributed by atoms with van der Waals surface area (Å²) in [7, 11) is 1.40. The van der Waals surface area contributed by atoms with Crippen molar-refractivity contribution in [3.63, 3.8) is 0 Å². The number of anilines is 1. The second-order valence-corrected chi connectivity index (χ2v) is 3.17. The van der Waals surface area contributed by atoms with Gasteiger partial charge in [-0.15, -0.1) is 0 Å². The van der Waals surface area contributed by atoms with E-state index in [1.165, 1.54) is 30.2 Å². The molecule has 0 N–H and O–H groups in total. The summed E-state index contributed by atoms with van der Waals surface area (Å²) in [6.07, 6.45) is 3.21. The molecule has 0 spiro atoms. The average Bonchev–Trinajstić information content (AvgIpc) is 2.64. The number of nitrogens with zero attached hydrogens (tertiary/aromatic N) is 1. The van der Waals surface area contributed by atoms with E-state index in [9.17, 15) is 9.18 Å². The number of hydrogen-bond donors (Lipinski definition) is 0. The van der Waals surface area contributed by atoms with Gasteiger partial charge in [0.2, 0.25) is 0 Å². The molecule has 0 fully saturated rings. The van der Waals surface area contributed by atoms with Gasteiger partial charge in [-0.3, -0.25) is 4.79 Å². The molecule has 15 heavy (non-hydrogen) atoms. The second kappa shape index (κ2) is 3.73. The Balaban J connectivity index is 2.30. The third-order valence-corrected chi connectivity index (χ3v) is 2.26. The molecule has 0 saturated carbocycles. The minimum atomic E-state index is -0.463. The van der Waals surface area contributed by atoms with E-state index >= 15 is 0 Å². The van der Waals surface area contributed by atoms with Crippen molar-refractivity contribution in [3.05, 3.63) is 36.2 Å². The number of methoxy groups -OCH3 is 1. The highest BCUT2D eigenvalue weighted by molar-refractivity contribution is 6.04. The van der Waals surface area contributed by atoms with Crippen molar-refractivity contribution in [2.24, 2.45) is 0 Å². The Morgan fingerprint density at radius 1 is 1.47 bits per heavy atom. The quantitative estimate of drug-likeness (QED) is 0.739. The molecule has 4 heteroatoms. The number of amides is 1. The molecule has 1 aliphatic rings. The Hall–Kier alpha value is -1.84. The number of carbonyl (C=O) groups excluding carboxylic acids is 1. The van der Waals surface area contributed by atoms with Crippen molar-refractivity contribution in [1.29, 1.82) is 0 Å². The van der Waals surface area contributed by atoms with Gasteiger partial charge >= 0.3 is 0 Å². The summed E-state index contributed by atoms with van der Waals surface area (Å²) in [6.45, 7) is 0.491. The fraction of sp³-hybridized carbons (Fsp3) is 0.182. The molecule has 2 rings (SSSR count). The topological polar surface area (TPSA) is 29.5 Å². The summed E-state index contributed by atoms with van der Waals surface area (Å²) in [5.41, 5.74) is 0.545. The summed E-state index contributed by atoms with van der Waals surface area (Å²) < 4.78 is 18.1. The van der Waals surface area contributed by atoms with E-state index in [2.05, 4.69) is 0 Å². The molecule has 0 unspecified atom stereocenters. The zero-order valence-electron chi connectivity index (χ0n) is 8.24. The van der Waals surface area contributed by atoms with Gasteiger partial charge in [0.25, 0.3) is 5.91 Å². The number of benzene rings is 1. The largest absolute Gasteiger partial charge is 0.494 e. The average molecular weight is 207 g/mol. The van der Waals surface area contributed by atoms with Crippen LogP contribution in [0.25, 0.3) is 0 Å². The number of carbonyl (C=O) groups is 1. The van der Waals surface area contributed by atoms with Crippen molar-refractivity contribution < 1.29 is 13.9 Å². The monoisotopic (exact) mass is 207 g/mol. The first-order chi connectivity index (χ1) is 7.22. The molecule has 1 amide bonds. The normalized spacial score (nSPS) is 14.8. The van der Waals surface area contributed by atoms with Crippen LogP contribution >= 0.6 is 0 Å². The predicted molar refractivity (Wildman–Crippen MR) is 54.4 cm³/mol. The first-order valence-corrected chi connectivity index (χ1v) is 4.54. The second-order valence-electron chi connectivity index (χ2n) is 3.17. The van der Waals surface area contributed by atoms with Crippen LogP contribution in [0.3, 0.4) is 0 Å². The maximum atomic E-state index is 13.3. The van der Waals surface area contributed by atoms with Gasteiger partial charge in [-0.25, -0.2) is 4.39 Å². The van der Waals surface area contributed by atoms with Crippen molar-refractivity contribution in [2.45, 2.75) is 0 Å². The van der Waals surface area contributed by atoms with Gasteiger partial charge < -0.3 is 9.64 Å². The number of ether oxygens (including phenoxy) is 1. The van der Waals surface area contributed by atoms with Gasteiger partial charge in [0.15, 0.2) is 11.6 Å². The van der Waals surface area contributed by atoms with Crippen LogP contribution in [0.5, 0.6) is 5.75 Å². The lowest BCUT2D eigenvalue weighted by Crippen LogP contribution is -2.24. The Kier molecular flexibility index (Phi) is 2.41. The molecule has 78 valence electrons. The zero-order valence-corrected chi connectivity index (χ0v) is 8.24. The van der Waals surface area contributed by atoms with Crippen LogP contribution in [0.1, 0.15) is 0 Å². The molecule has 1 heterocycles. The SMILES string of the molecule is COc1ccc(N2CC=CC2=O)cc1F. The third-order valence-electron chi connectivity index (χ3n) is 2.26. The molecule has 1 aromatic carbocycles. The van der Waals surface area contributed by atoms with Gasteiger partial charge in [0.05, 0.1) is 7.11 Å². The van der Waals surface area contributed by atoms with E-state index in [0.717, 1.165) is 0 Å².